The lowest BCUT2D eigenvalue weighted by atomic mass is 9.94. The molecule has 0 aliphatic carbocycles. The summed E-state index contributed by atoms with van der Waals surface area (Å²) in [5, 5.41) is 0. The fourth-order valence-electron chi connectivity index (χ4n) is 4.60. The van der Waals surface area contributed by atoms with Crippen LogP contribution in [0.3, 0.4) is 0 Å². The standard InChI is InChI=1S/C25H32N4O2/c1-19(20-8-5-12-26-17-20)16-24(30)28-13-6-9-21(18-28)25-27-22-10-3-4-11-23(22)29(25)14-7-15-31-2/h3-5,8,10-12,17,19,21H,6-7,9,13-16,18H2,1-2H3/t19-,21+/m0/s1. The predicted molar refractivity (Wildman–Crippen MR) is 122 cm³/mol. The monoisotopic (exact) mass is 420 g/mol. The van der Waals surface area contributed by atoms with E-state index in [1.807, 2.05) is 29.3 Å². The Bertz CT molecular complexity index is 1000. The molecular formula is C25H32N4O2. The van der Waals surface area contributed by atoms with Gasteiger partial charge in [-0.3, -0.25) is 9.78 Å². The molecule has 0 radical (unpaired) electrons. The predicted octanol–water partition coefficient (Wildman–Crippen LogP) is 4.37. The van der Waals surface area contributed by atoms with E-state index in [2.05, 4.69) is 34.7 Å². The highest BCUT2D eigenvalue weighted by molar-refractivity contribution is 5.78. The van der Waals surface area contributed by atoms with Gasteiger partial charge < -0.3 is 14.2 Å². The molecule has 0 saturated carbocycles. The number of carbonyl (C=O) groups excluding carboxylic acids is 1. The molecule has 4 rings (SSSR count). The molecule has 3 aromatic rings. The van der Waals surface area contributed by atoms with Crippen molar-refractivity contribution in [3.05, 3.63) is 60.2 Å². The fraction of sp³-hybridized carbons (Fsp3) is 0.480. The fourth-order valence-corrected chi connectivity index (χ4v) is 4.60. The summed E-state index contributed by atoms with van der Waals surface area (Å²) in [6.45, 7) is 5.29. The van der Waals surface area contributed by atoms with Crippen LogP contribution in [0.4, 0.5) is 0 Å². The van der Waals surface area contributed by atoms with Crippen molar-refractivity contribution in [3.63, 3.8) is 0 Å². The van der Waals surface area contributed by atoms with Crippen molar-refractivity contribution in [1.29, 1.82) is 0 Å². The number of para-hydroxylation sites is 2. The highest BCUT2D eigenvalue weighted by Crippen LogP contribution is 2.30. The number of aryl methyl sites for hydroxylation is 1. The second kappa shape index (κ2) is 10.1. The van der Waals surface area contributed by atoms with Crippen molar-refractivity contribution in [1.82, 2.24) is 19.4 Å². The molecule has 1 saturated heterocycles. The quantitative estimate of drug-likeness (QED) is 0.508. The second-order valence-electron chi connectivity index (χ2n) is 8.53. The molecule has 2 aromatic heterocycles. The molecule has 0 unspecified atom stereocenters. The molecule has 6 nitrogen and oxygen atoms in total. The smallest absolute Gasteiger partial charge is 0.223 e. The number of pyridine rings is 1. The van der Waals surface area contributed by atoms with Gasteiger partial charge in [-0.2, -0.15) is 0 Å². The van der Waals surface area contributed by atoms with Crippen molar-refractivity contribution in [2.45, 2.75) is 51.0 Å². The van der Waals surface area contributed by atoms with Crippen molar-refractivity contribution in [2.75, 3.05) is 26.8 Å². The van der Waals surface area contributed by atoms with E-state index >= 15 is 0 Å². The molecule has 1 aliphatic rings. The number of likely N-dealkylation sites (tertiary alicyclic amines) is 1. The Morgan fingerprint density at radius 1 is 1.26 bits per heavy atom. The number of fused-ring (bicyclic) bond motifs is 1. The number of carbonyl (C=O) groups is 1. The van der Waals surface area contributed by atoms with Crippen LogP contribution in [-0.4, -0.2) is 52.1 Å². The zero-order valence-electron chi connectivity index (χ0n) is 18.5. The first-order chi connectivity index (χ1) is 15.2. The van der Waals surface area contributed by atoms with Gasteiger partial charge in [0.1, 0.15) is 5.82 Å². The first-order valence-corrected chi connectivity index (χ1v) is 11.3. The summed E-state index contributed by atoms with van der Waals surface area (Å²) < 4.78 is 7.61. The van der Waals surface area contributed by atoms with Crippen LogP contribution < -0.4 is 0 Å². The molecule has 1 fully saturated rings. The number of ether oxygens (including phenoxy) is 1. The summed E-state index contributed by atoms with van der Waals surface area (Å²) in [5.41, 5.74) is 3.31. The average molecular weight is 421 g/mol. The highest BCUT2D eigenvalue weighted by Gasteiger charge is 2.29. The van der Waals surface area contributed by atoms with Crippen molar-refractivity contribution >= 4 is 16.9 Å². The number of rotatable bonds is 8. The normalized spacial score (nSPS) is 17.7. The van der Waals surface area contributed by atoms with E-state index in [0.717, 1.165) is 62.4 Å². The molecule has 1 aliphatic heterocycles. The molecule has 2 atom stereocenters. The first-order valence-electron chi connectivity index (χ1n) is 11.3. The van der Waals surface area contributed by atoms with E-state index in [4.69, 9.17) is 9.72 Å². The number of aromatic nitrogens is 3. The number of hydrogen-bond acceptors (Lipinski definition) is 4. The van der Waals surface area contributed by atoms with Crippen molar-refractivity contribution in [2.24, 2.45) is 0 Å². The molecule has 1 amide bonds. The molecule has 3 heterocycles. The zero-order chi connectivity index (χ0) is 21.6. The third-order valence-corrected chi connectivity index (χ3v) is 6.29. The number of hydrogen-bond donors (Lipinski definition) is 0. The minimum Gasteiger partial charge on any atom is -0.385 e. The minimum atomic E-state index is 0.167. The van der Waals surface area contributed by atoms with Crippen LogP contribution in [0.2, 0.25) is 0 Å². The molecule has 31 heavy (non-hydrogen) atoms. The van der Waals surface area contributed by atoms with Gasteiger partial charge in [-0.05, 0) is 48.9 Å². The maximum atomic E-state index is 13.1. The van der Waals surface area contributed by atoms with Gasteiger partial charge in [0.2, 0.25) is 5.91 Å². The Morgan fingerprint density at radius 2 is 2.13 bits per heavy atom. The van der Waals surface area contributed by atoms with Crippen LogP contribution in [0.25, 0.3) is 11.0 Å². The summed E-state index contributed by atoms with van der Waals surface area (Å²) in [6, 6.07) is 12.3. The van der Waals surface area contributed by atoms with Crippen molar-refractivity contribution < 1.29 is 9.53 Å². The lowest BCUT2D eigenvalue weighted by Gasteiger charge is -2.33. The third kappa shape index (κ3) is 4.96. The summed E-state index contributed by atoms with van der Waals surface area (Å²) in [5.74, 6) is 1.76. The summed E-state index contributed by atoms with van der Waals surface area (Å²) in [4.78, 5) is 24.3. The SMILES string of the molecule is COCCCn1c([C@@H]2CCCN(C(=O)C[C@H](C)c3cccnc3)C2)nc2ccccc21. The van der Waals surface area contributed by atoms with Gasteiger partial charge in [0.05, 0.1) is 11.0 Å². The maximum absolute atomic E-state index is 13.1. The summed E-state index contributed by atoms with van der Waals surface area (Å²) >= 11 is 0. The Kier molecular flexibility index (Phi) is 6.97. The van der Waals surface area contributed by atoms with E-state index in [9.17, 15) is 4.79 Å². The van der Waals surface area contributed by atoms with Crippen LogP contribution in [0.15, 0.2) is 48.8 Å². The van der Waals surface area contributed by atoms with Gasteiger partial charge in [-0.25, -0.2) is 4.98 Å². The van der Waals surface area contributed by atoms with E-state index in [-0.39, 0.29) is 17.7 Å². The van der Waals surface area contributed by atoms with E-state index in [1.54, 1.807) is 13.3 Å². The molecular weight excluding hydrogens is 388 g/mol. The third-order valence-electron chi connectivity index (χ3n) is 6.29. The number of benzene rings is 1. The van der Waals surface area contributed by atoms with Gasteiger partial charge >= 0.3 is 0 Å². The van der Waals surface area contributed by atoms with Crippen LogP contribution in [0, 0.1) is 0 Å². The molecule has 164 valence electrons. The van der Waals surface area contributed by atoms with Crippen LogP contribution in [0.5, 0.6) is 0 Å². The number of amides is 1. The number of imidazole rings is 1. The lowest BCUT2D eigenvalue weighted by Crippen LogP contribution is -2.40. The topological polar surface area (TPSA) is 60.2 Å². The van der Waals surface area contributed by atoms with Crippen LogP contribution in [0.1, 0.15) is 55.8 Å². The zero-order valence-corrected chi connectivity index (χ0v) is 18.5. The second-order valence-corrected chi connectivity index (χ2v) is 8.53. The van der Waals surface area contributed by atoms with Crippen molar-refractivity contribution in [3.8, 4) is 0 Å². The Hall–Kier alpha value is -2.73. The Morgan fingerprint density at radius 3 is 2.94 bits per heavy atom. The first kappa shape index (κ1) is 21.5. The molecule has 0 N–H and O–H groups in total. The van der Waals surface area contributed by atoms with E-state index < -0.39 is 0 Å². The van der Waals surface area contributed by atoms with E-state index in [1.165, 1.54) is 5.52 Å². The van der Waals surface area contributed by atoms with Gasteiger partial charge in [0.25, 0.3) is 0 Å². The Balaban J connectivity index is 1.49. The minimum absolute atomic E-state index is 0.167. The van der Waals surface area contributed by atoms with Crippen LogP contribution >= 0.6 is 0 Å². The lowest BCUT2D eigenvalue weighted by molar-refractivity contribution is -0.132. The number of nitrogens with zero attached hydrogens (tertiary/aromatic N) is 4. The Labute approximate surface area is 184 Å². The largest absolute Gasteiger partial charge is 0.385 e. The summed E-state index contributed by atoms with van der Waals surface area (Å²) in [6.07, 6.45) is 7.17. The van der Waals surface area contributed by atoms with Gasteiger partial charge in [0.15, 0.2) is 0 Å². The number of piperidine rings is 1. The average Bonchev–Trinajstić information content (AvgIpc) is 3.18. The highest BCUT2D eigenvalue weighted by atomic mass is 16.5. The summed E-state index contributed by atoms with van der Waals surface area (Å²) in [7, 11) is 1.74. The molecule has 1 aromatic carbocycles. The van der Waals surface area contributed by atoms with Gasteiger partial charge in [-0.15, -0.1) is 0 Å². The van der Waals surface area contributed by atoms with Crippen LogP contribution in [-0.2, 0) is 16.1 Å². The molecule has 0 bridgehead atoms. The maximum Gasteiger partial charge on any atom is 0.223 e. The number of methoxy groups -OCH3 is 1. The van der Waals surface area contributed by atoms with E-state index in [0.29, 0.717) is 6.42 Å². The van der Waals surface area contributed by atoms with Gasteiger partial charge in [-0.1, -0.05) is 25.1 Å². The van der Waals surface area contributed by atoms with Gasteiger partial charge in [0, 0.05) is 58.1 Å². The molecule has 0 spiro atoms. The molecule has 6 heteroatoms.